The number of anilines is 1. The molecule has 4 heterocycles. The molecule has 2 aliphatic heterocycles. The van der Waals surface area contributed by atoms with Crippen molar-refractivity contribution in [1.29, 1.82) is 5.26 Å². The standard InChI is InChI=1S/C25H34N8OS/c1-15(18-7-5-13-32(18)2)34-24-30-12-9-17(31-24)22(27)19-6-3-10-25(33(19)29)11-4-8-20-21(25)16(14-26)23(28)35-20/h9,12,15,18H,3-8,10-11,13,27-29H2,1-2H3/b22-19-/t15-,18-,25?/m0/s1. The Bertz CT molecular complexity index is 1190. The van der Waals surface area contributed by atoms with Gasteiger partial charge in [0.1, 0.15) is 17.2 Å². The van der Waals surface area contributed by atoms with Crippen LogP contribution in [0.25, 0.3) is 5.70 Å². The molecule has 0 bridgehead atoms. The molecule has 2 fully saturated rings. The number of hydrogen-bond donors (Lipinski definition) is 3. The van der Waals surface area contributed by atoms with Crippen LogP contribution >= 0.6 is 11.3 Å². The van der Waals surface area contributed by atoms with E-state index in [2.05, 4.69) is 34.9 Å². The monoisotopic (exact) mass is 494 g/mol. The summed E-state index contributed by atoms with van der Waals surface area (Å²) in [5.74, 6) is 6.86. The molecule has 2 aromatic rings. The Hall–Kier alpha value is -2.87. The average molecular weight is 495 g/mol. The minimum absolute atomic E-state index is 0.0234. The second-order valence-electron chi connectivity index (χ2n) is 9.96. The lowest BCUT2D eigenvalue weighted by Crippen LogP contribution is -2.54. The molecule has 0 amide bonds. The maximum atomic E-state index is 9.86. The number of hydrogen-bond acceptors (Lipinski definition) is 10. The average Bonchev–Trinajstić information content (AvgIpc) is 3.43. The molecule has 1 spiro atoms. The molecule has 35 heavy (non-hydrogen) atoms. The van der Waals surface area contributed by atoms with Gasteiger partial charge >= 0.3 is 6.01 Å². The van der Waals surface area contributed by atoms with Crippen molar-refractivity contribution >= 4 is 22.0 Å². The quantitative estimate of drug-likeness (QED) is 0.546. The Balaban J connectivity index is 1.46. The summed E-state index contributed by atoms with van der Waals surface area (Å²) in [4.78, 5) is 12.5. The Kier molecular flexibility index (Phi) is 6.34. The van der Waals surface area contributed by atoms with Crippen molar-refractivity contribution in [1.82, 2.24) is 19.9 Å². The number of piperidine rings is 1. The Morgan fingerprint density at radius 3 is 2.80 bits per heavy atom. The molecule has 3 aliphatic rings. The van der Waals surface area contributed by atoms with Gasteiger partial charge < -0.3 is 21.2 Å². The summed E-state index contributed by atoms with van der Waals surface area (Å²) in [5, 5.41) is 12.3. The second kappa shape index (κ2) is 9.30. The van der Waals surface area contributed by atoms with Crippen LogP contribution in [0.4, 0.5) is 5.00 Å². The van der Waals surface area contributed by atoms with Crippen LogP contribution in [0, 0.1) is 11.3 Å². The highest BCUT2D eigenvalue weighted by atomic mass is 32.1. The molecule has 186 valence electrons. The third-order valence-corrected chi connectivity index (χ3v) is 9.04. The summed E-state index contributed by atoms with van der Waals surface area (Å²) in [7, 11) is 2.13. The smallest absolute Gasteiger partial charge is 0.317 e. The zero-order chi connectivity index (χ0) is 24.7. The molecule has 9 nitrogen and oxygen atoms in total. The highest BCUT2D eigenvalue weighted by Gasteiger charge is 2.47. The predicted molar refractivity (Wildman–Crippen MR) is 137 cm³/mol. The van der Waals surface area contributed by atoms with Gasteiger partial charge in [0.05, 0.1) is 28.2 Å². The number of likely N-dealkylation sites (tertiary alicyclic amines) is 1. The molecule has 2 saturated heterocycles. The van der Waals surface area contributed by atoms with E-state index < -0.39 is 5.54 Å². The van der Waals surface area contributed by atoms with Crippen LogP contribution < -0.4 is 22.0 Å². The first kappa shape index (κ1) is 23.9. The number of ether oxygens (including phenoxy) is 1. The first-order chi connectivity index (χ1) is 16.9. The second-order valence-corrected chi connectivity index (χ2v) is 11.1. The number of nitrogens with zero attached hydrogens (tertiary/aromatic N) is 5. The van der Waals surface area contributed by atoms with Gasteiger partial charge in [-0.1, -0.05) is 0 Å². The van der Waals surface area contributed by atoms with Gasteiger partial charge in [0.15, 0.2) is 0 Å². The maximum Gasteiger partial charge on any atom is 0.317 e. The molecule has 0 radical (unpaired) electrons. The van der Waals surface area contributed by atoms with Crippen molar-refractivity contribution in [2.24, 2.45) is 11.6 Å². The number of fused-ring (bicyclic) bond motifs is 2. The van der Waals surface area contributed by atoms with Gasteiger partial charge in [-0.05, 0) is 77.9 Å². The maximum absolute atomic E-state index is 9.86. The number of aryl methyl sites for hydroxylation is 1. The third-order valence-electron chi connectivity index (χ3n) is 7.97. The molecule has 2 aromatic heterocycles. The van der Waals surface area contributed by atoms with E-state index in [0.717, 1.165) is 62.8 Å². The first-order valence-corrected chi connectivity index (χ1v) is 13.2. The summed E-state index contributed by atoms with van der Waals surface area (Å²) in [6.07, 6.45) is 9.25. The molecule has 1 aliphatic carbocycles. The summed E-state index contributed by atoms with van der Waals surface area (Å²) < 4.78 is 6.13. The van der Waals surface area contributed by atoms with Crippen LogP contribution in [0.3, 0.4) is 0 Å². The van der Waals surface area contributed by atoms with Crippen molar-refractivity contribution in [3.8, 4) is 12.1 Å². The number of rotatable bonds is 4. The fraction of sp³-hybridized carbons (Fsp3) is 0.560. The molecule has 10 heteroatoms. The number of likely N-dealkylation sites (N-methyl/N-ethyl adjacent to an activating group) is 1. The Morgan fingerprint density at radius 2 is 2.09 bits per heavy atom. The Labute approximate surface area is 210 Å². The highest BCUT2D eigenvalue weighted by molar-refractivity contribution is 7.16. The number of nitriles is 1. The van der Waals surface area contributed by atoms with Gasteiger partial charge in [-0.2, -0.15) is 10.2 Å². The first-order valence-electron chi connectivity index (χ1n) is 12.4. The van der Waals surface area contributed by atoms with Crippen LogP contribution in [0.1, 0.15) is 73.6 Å². The molecule has 6 N–H and O–H groups in total. The summed E-state index contributed by atoms with van der Waals surface area (Å²) in [6.45, 7) is 3.15. The Morgan fingerprint density at radius 1 is 1.31 bits per heavy atom. The zero-order valence-electron chi connectivity index (χ0n) is 20.5. The largest absolute Gasteiger partial charge is 0.459 e. The number of nitrogen functional groups attached to an aromatic ring is 1. The van der Waals surface area contributed by atoms with E-state index in [1.54, 1.807) is 12.3 Å². The van der Waals surface area contributed by atoms with E-state index in [4.69, 9.17) is 22.0 Å². The molecule has 1 unspecified atom stereocenters. The van der Waals surface area contributed by atoms with Gasteiger partial charge in [-0.25, -0.2) is 10.8 Å². The fourth-order valence-corrected chi connectivity index (χ4v) is 7.37. The van der Waals surface area contributed by atoms with Crippen LogP contribution in [0.15, 0.2) is 18.0 Å². The van der Waals surface area contributed by atoms with Crippen molar-refractivity contribution in [2.45, 2.75) is 76.0 Å². The van der Waals surface area contributed by atoms with Crippen LogP contribution in [0.2, 0.25) is 0 Å². The number of aromatic nitrogens is 2. The molecule has 5 rings (SSSR count). The zero-order valence-corrected chi connectivity index (χ0v) is 21.3. The van der Waals surface area contributed by atoms with E-state index in [0.29, 0.717) is 34.0 Å². The van der Waals surface area contributed by atoms with Gasteiger partial charge in [-0.3, -0.25) is 4.90 Å². The van der Waals surface area contributed by atoms with Crippen LogP contribution in [0.5, 0.6) is 6.01 Å². The summed E-state index contributed by atoms with van der Waals surface area (Å²) in [6, 6.07) is 4.81. The van der Waals surface area contributed by atoms with Crippen molar-refractivity contribution < 1.29 is 4.74 Å². The topological polar surface area (TPSA) is 143 Å². The molecular weight excluding hydrogens is 460 g/mol. The summed E-state index contributed by atoms with van der Waals surface area (Å²) in [5.41, 5.74) is 16.0. The molecule has 3 atom stereocenters. The highest BCUT2D eigenvalue weighted by Crippen LogP contribution is 2.52. The lowest BCUT2D eigenvalue weighted by molar-refractivity contribution is 0.0661. The van der Waals surface area contributed by atoms with E-state index >= 15 is 0 Å². The number of hydrazine groups is 1. The number of allylic oxidation sites excluding steroid dienone is 1. The fourth-order valence-electron chi connectivity index (χ4n) is 6.22. The normalized spacial score (nSPS) is 26.9. The molecular formula is C25H34N8OS. The minimum Gasteiger partial charge on any atom is -0.459 e. The lowest BCUT2D eigenvalue weighted by atomic mass is 9.72. The van der Waals surface area contributed by atoms with Crippen molar-refractivity contribution in [2.75, 3.05) is 19.3 Å². The van der Waals surface area contributed by atoms with Gasteiger partial charge in [0, 0.05) is 22.7 Å². The molecule has 0 saturated carbocycles. The molecule has 0 aromatic carbocycles. The SMILES string of the molecule is C[C@H](Oc1nccc(/C(N)=C2\CCCC3(CCCc4sc(N)c(C#N)c43)N2N)n1)[C@@H]1CCCN1C. The minimum atomic E-state index is -0.473. The van der Waals surface area contributed by atoms with Crippen LogP contribution in [-0.4, -0.2) is 45.6 Å². The van der Waals surface area contributed by atoms with E-state index in [1.165, 1.54) is 22.6 Å². The van der Waals surface area contributed by atoms with Gasteiger partial charge in [0.2, 0.25) is 0 Å². The van der Waals surface area contributed by atoms with Gasteiger partial charge in [0.25, 0.3) is 0 Å². The summed E-state index contributed by atoms with van der Waals surface area (Å²) >= 11 is 1.52. The third kappa shape index (κ3) is 4.01. The van der Waals surface area contributed by atoms with Crippen LogP contribution in [-0.2, 0) is 12.0 Å². The van der Waals surface area contributed by atoms with E-state index in [1.807, 2.05) is 5.01 Å². The lowest BCUT2D eigenvalue weighted by Gasteiger charge is -2.49. The van der Waals surface area contributed by atoms with Crippen molar-refractivity contribution in [3.05, 3.63) is 39.7 Å². The number of nitrogens with two attached hydrogens (primary N) is 3. The van der Waals surface area contributed by atoms with Crippen molar-refractivity contribution in [3.63, 3.8) is 0 Å². The van der Waals surface area contributed by atoms with Gasteiger partial charge in [-0.15, -0.1) is 11.3 Å². The van der Waals surface area contributed by atoms with E-state index in [9.17, 15) is 5.26 Å². The van der Waals surface area contributed by atoms with E-state index in [-0.39, 0.29) is 6.10 Å². The number of thiophene rings is 1. The predicted octanol–water partition coefficient (Wildman–Crippen LogP) is 3.07.